The molecule has 13 heavy (non-hydrogen) atoms. The molecule has 0 aliphatic heterocycles. The van der Waals surface area contributed by atoms with Gasteiger partial charge in [-0.1, -0.05) is 0 Å². The standard InChI is InChI=1S/C9H8FNS.ClH/c1-5-4-12-9-7(5)2-6(11)3-8(9)10;/h2-4H,11H2,1H3;1H. The Morgan fingerprint density at radius 3 is 2.77 bits per heavy atom. The predicted octanol–water partition coefficient (Wildman–Crippen LogP) is 3.35. The first-order valence-electron chi connectivity index (χ1n) is 3.61. The summed E-state index contributed by atoms with van der Waals surface area (Å²) in [5.74, 6) is -0.219. The molecular weight excluding hydrogens is 209 g/mol. The van der Waals surface area contributed by atoms with E-state index in [0.29, 0.717) is 10.4 Å². The second kappa shape index (κ2) is 3.52. The topological polar surface area (TPSA) is 26.0 Å². The first-order chi connectivity index (χ1) is 5.68. The maximum Gasteiger partial charge on any atom is 0.143 e. The number of thiophene rings is 1. The SMILES string of the molecule is Cc1csc2c(F)cc(N)cc12.Cl. The Morgan fingerprint density at radius 1 is 1.38 bits per heavy atom. The van der Waals surface area contributed by atoms with Crippen LogP contribution in [0.15, 0.2) is 17.5 Å². The normalized spacial score (nSPS) is 10.0. The Labute approximate surface area is 85.8 Å². The van der Waals surface area contributed by atoms with Gasteiger partial charge in [0.15, 0.2) is 0 Å². The molecule has 2 N–H and O–H groups in total. The lowest BCUT2D eigenvalue weighted by atomic mass is 10.2. The highest BCUT2D eigenvalue weighted by molar-refractivity contribution is 7.17. The summed E-state index contributed by atoms with van der Waals surface area (Å²) in [6.07, 6.45) is 0. The van der Waals surface area contributed by atoms with Crippen molar-refractivity contribution in [2.24, 2.45) is 0 Å². The van der Waals surface area contributed by atoms with Crippen molar-refractivity contribution in [1.82, 2.24) is 0 Å². The molecule has 0 saturated heterocycles. The Bertz CT molecular complexity index is 438. The zero-order valence-electron chi connectivity index (χ0n) is 7.00. The van der Waals surface area contributed by atoms with Crippen molar-refractivity contribution in [3.8, 4) is 0 Å². The Hall–Kier alpha value is -0.800. The van der Waals surface area contributed by atoms with Crippen LogP contribution in [0.2, 0.25) is 0 Å². The molecule has 1 aromatic heterocycles. The summed E-state index contributed by atoms with van der Waals surface area (Å²) in [5.41, 5.74) is 7.09. The molecule has 1 aromatic carbocycles. The average Bonchev–Trinajstić information content (AvgIpc) is 2.33. The van der Waals surface area contributed by atoms with Gasteiger partial charge in [0, 0.05) is 11.1 Å². The minimum absolute atomic E-state index is 0. The van der Waals surface area contributed by atoms with Crippen LogP contribution in [0.1, 0.15) is 5.56 Å². The number of aryl methyl sites for hydroxylation is 1. The molecule has 0 atom stereocenters. The first-order valence-corrected chi connectivity index (χ1v) is 4.49. The van der Waals surface area contributed by atoms with Crippen LogP contribution in [0, 0.1) is 12.7 Å². The van der Waals surface area contributed by atoms with E-state index >= 15 is 0 Å². The molecule has 70 valence electrons. The third-order valence-electron chi connectivity index (χ3n) is 1.84. The molecule has 0 saturated carbocycles. The third-order valence-corrected chi connectivity index (χ3v) is 2.97. The Balaban J connectivity index is 0.000000845. The van der Waals surface area contributed by atoms with Crippen molar-refractivity contribution < 1.29 is 4.39 Å². The van der Waals surface area contributed by atoms with Gasteiger partial charge in [0.05, 0.1) is 4.70 Å². The lowest BCUT2D eigenvalue weighted by molar-refractivity contribution is 0.642. The van der Waals surface area contributed by atoms with E-state index in [0.717, 1.165) is 10.9 Å². The highest BCUT2D eigenvalue weighted by Gasteiger charge is 2.05. The molecule has 1 nitrogen and oxygen atoms in total. The van der Waals surface area contributed by atoms with Crippen LogP contribution in [-0.2, 0) is 0 Å². The molecule has 0 bridgehead atoms. The van der Waals surface area contributed by atoms with Gasteiger partial charge in [0.1, 0.15) is 5.82 Å². The highest BCUT2D eigenvalue weighted by atomic mass is 35.5. The second-order valence-corrected chi connectivity index (χ2v) is 3.68. The minimum atomic E-state index is -0.219. The van der Waals surface area contributed by atoms with Crippen LogP contribution in [0.5, 0.6) is 0 Å². The van der Waals surface area contributed by atoms with Gasteiger partial charge in [0.25, 0.3) is 0 Å². The molecule has 0 fully saturated rings. The van der Waals surface area contributed by atoms with E-state index in [2.05, 4.69) is 0 Å². The van der Waals surface area contributed by atoms with Crippen LogP contribution in [0.4, 0.5) is 10.1 Å². The number of nitrogen functional groups attached to an aromatic ring is 1. The minimum Gasteiger partial charge on any atom is -0.399 e. The largest absolute Gasteiger partial charge is 0.399 e. The van der Waals surface area contributed by atoms with Crippen LogP contribution in [0.3, 0.4) is 0 Å². The first kappa shape index (κ1) is 10.3. The Kier molecular flexibility index (Phi) is 2.78. The van der Waals surface area contributed by atoms with Crippen molar-refractivity contribution in [3.63, 3.8) is 0 Å². The second-order valence-electron chi connectivity index (χ2n) is 2.80. The van der Waals surface area contributed by atoms with E-state index in [-0.39, 0.29) is 18.2 Å². The monoisotopic (exact) mass is 217 g/mol. The molecule has 0 radical (unpaired) electrons. The summed E-state index contributed by atoms with van der Waals surface area (Å²) in [6.45, 7) is 1.96. The predicted molar refractivity (Wildman–Crippen MR) is 58.2 cm³/mol. The van der Waals surface area contributed by atoms with Gasteiger partial charge in [0.2, 0.25) is 0 Å². The van der Waals surface area contributed by atoms with Gasteiger partial charge in [-0.15, -0.1) is 23.7 Å². The number of nitrogens with two attached hydrogens (primary N) is 1. The van der Waals surface area contributed by atoms with E-state index in [1.165, 1.54) is 17.4 Å². The number of benzene rings is 1. The van der Waals surface area contributed by atoms with Crippen molar-refractivity contribution in [3.05, 3.63) is 28.9 Å². The van der Waals surface area contributed by atoms with Gasteiger partial charge in [-0.25, -0.2) is 4.39 Å². The quantitative estimate of drug-likeness (QED) is 0.673. The van der Waals surface area contributed by atoms with Gasteiger partial charge in [-0.3, -0.25) is 0 Å². The fraction of sp³-hybridized carbons (Fsp3) is 0.111. The highest BCUT2D eigenvalue weighted by Crippen LogP contribution is 2.29. The number of rotatable bonds is 0. The molecule has 2 aromatic rings. The van der Waals surface area contributed by atoms with E-state index in [1.54, 1.807) is 0 Å². The fourth-order valence-electron chi connectivity index (χ4n) is 1.24. The number of anilines is 1. The summed E-state index contributed by atoms with van der Waals surface area (Å²) < 4.78 is 13.9. The average molecular weight is 218 g/mol. The van der Waals surface area contributed by atoms with Crippen LogP contribution >= 0.6 is 23.7 Å². The van der Waals surface area contributed by atoms with E-state index in [4.69, 9.17) is 5.73 Å². The van der Waals surface area contributed by atoms with Crippen molar-refractivity contribution in [1.29, 1.82) is 0 Å². The molecule has 2 rings (SSSR count). The fourth-order valence-corrected chi connectivity index (χ4v) is 2.18. The molecule has 0 aliphatic rings. The summed E-state index contributed by atoms with van der Waals surface area (Å²) in [4.78, 5) is 0. The van der Waals surface area contributed by atoms with Crippen LogP contribution < -0.4 is 5.73 Å². The van der Waals surface area contributed by atoms with E-state index < -0.39 is 0 Å². The molecular formula is C9H9ClFNS. The van der Waals surface area contributed by atoms with Gasteiger partial charge >= 0.3 is 0 Å². The van der Waals surface area contributed by atoms with Crippen molar-refractivity contribution in [2.45, 2.75) is 6.92 Å². The third kappa shape index (κ3) is 1.62. The number of hydrogen-bond donors (Lipinski definition) is 1. The van der Waals surface area contributed by atoms with Gasteiger partial charge < -0.3 is 5.73 Å². The van der Waals surface area contributed by atoms with Gasteiger partial charge in [-0.05, 0) is 30.0 Å². The lowest BCUT2D eigenvalue weighted by Gasteiger charge is -1.96. The van der Waals surface area contributed by atoms with E-state index in [9.17, 15) is 4.39 Å². The molecule has 1 heterocycles. The zero-order chi connectivity index (χ0) is 8.72. The summed E-state index contributed by atoms with van der Waals surface area (Å²) >= 11 is 1.42. The summed E-state index contributed by atoms with van der Waals surface area (Å²) in [5, 5.41) is 2.87. The maximum atomic E-state index is 13.2. The summed E-state index contributed by atoms with van der Waals surface area (Å²) in [7, 11) is 0. The molecule has 0 aliphatic carbocycles. The smallest absolute Gasteiger partial charge is 0.143 e. The number of halogens is 2. The summed E-state index contributed by atoms with van der Waals surface area (Å²) in [6, 6.07) is 3.17. The number of fused-ring (bicyclic) bond motifs is 1. The van der Waals surface area contributed by atoms with Gasteiger partial charge in [-0.2, -0.15) is 0 Å². The van der Waals surface area contributed by atoms with Crippen molar-refractivity contribution in [2.75, 3.05) is 5.73 Å². The molecule has 0 unspecified atom stereocenters. The van der Waals surface area contributed by atoms with E-state index in [1.807, 2.05) is 18.4 Å². The van der Waals surface area contributed by atoms with Crippen molar-refractivity contribution >= 4 is 39.5 Å². The number of hydrogen-bond acceptors (Lipinski definition) is 2. The Morgan fingerprint density at radius 2 is 2.08 bits per heavy atom. The maximum absolute atomic E-state index is 13.2. The molecule has 4 heteroatoms. The molecule has 0 spiro atoms. The zero-order valence-corrected chi connectivity index (χ0v) is 8.64. The molecule has 0 amide bonds. The lowest BCUT2D eigenvalue weighted by Crippen LogP contribution is -1.85. The van der Waals surface area contributed by atoms with Crippen LogP contribution in [0.25, 0.3) is 10.1 Å². The van der Waals surface area contributed by atoms with Crippen LogP contribution in [-0.4, -0.2) is 0 Å².